The van der Waals surface area contributed by atoms with Crippen molar-refractivity contribution in [2.75, 3.05) is 6.61 Å². The lowest BCUT2D eigenvalue weighted by molar-refractivity contribution is -0.648. The molecule has 4 rings (SSSR count). The molecule has 2 bridgehead atoms. The number of ether oxygens (including phenoxy) is 1. The van der Waals surface area contributed by atoms with Crippen LogP contribution in [0.5, 0.6) is 5.75 Å². The van der Waals surface area contributed by atoms with Gasteiger partial charge in [0.25, 0.3) is 5.65 Å². The van der Waals surface area contributed by atoms with Crippen molar-refractivity contribution >= 4 is 16.6 Å². The standard InChI is InChI=1S/C34H50N3O/c1-3-4-5-6-7-8-9-10-11-12-13-14-15-16-17-18-25-38-32-21-19-29(20-22-32)31-27-35-34-30-23-24-36(2)33(26-30)37(34)28-31/h19-24,26-27H,3-18,25,28H2,1-2H3/q+1. The Labute approximate surface area is 230 Å². The molecule has 0 atom stereocenters. The van der Waals surface area contributed by atoms with Gasteiger partial charge in [-0.25, -0.2) is 14.1 Å². The molecule has 3 heterocycles. The van der Waals surface area contributed by atoms with E-state index in [1.165, 1.54) is 118 Å². The van der Waals surface area contributed by atoms with Crippen LogP contribution in [0.3, 0.4) is 0 Å². The average Bonchev–Trinajstić information content (AvgIpc) is 3.25. The van der Waals surface area contributed by atoms with Gasteiger partial charge in [-0.2, -0.15) is 0 Å². The molecule has 3 aromatic rings. The van der Waals surface area contributed by atoms with Gasteiger partial charge in [0.05, 0.1) is 25.2 Å². The Hall–Kier alpha value is -2.62. The summed E-state index contributed by atoms with van der Waals surface area (Å²) in [4.78, 5) is 4.76. The maximum absolute atomic E-state index is 6.02. The Balaban J connectivity index is 1.02. The summed E-state index contributed by atoms with van der Waals surface area (Å²) in [5.74, 6) is 0.967. The summed E-state index contributed by atoms with van der Waals surface area (Å²) in [5.41, 5.74) is 4.71. The maximum Gasteiger partial charge on any atom is 0.283 e. The minimum atomic E-state index is 0.814. The van der Waals surface area contributed by atoms with Gasteiger partial charge in [-0.3, -0.25) is 0 Å². The first kappa shape index (κ1) is 28.4. The van der Waals surface area contributed by atoms with E-state index in [-0.39, 0.29) is 0 Å². The molecule has 0 radical (unpaired) electrons. The van der Waals surface area contributed by atoms with E-state index >= 15 is 0 Å². The maximum atomic E-state index is 6.02. The number of fused-ring (bicyclic) bond motifs is 5. The molecule has 4 heteroatoms. The van der Waals surface area contributed by atoms with Gasteiger partial charge in [0.15, 0.2) is 0 Å². The predicted molar refractivity (Wildman–Crippen MR) is 159 cm³/mol. The highest BCUT2D eigenvalue weighted by molar-refractivity contribution is 5.70. The summed E-state index contributed by atoms with van der Waals surface area (Å²) in [6.45, 7) is 3.95. The highest BCUT2D eigenvalue weighted by Gasteiger charge is 2.20. The molecule has 1 aliphatic rings. The lowest BCUT2D eigenvalue weighted by atomic mass is 10.0. The first-order chi connectivity index (χ1) is 18.8. The molecule has 0 fully saturated rings. The fourth-order valence-electron chi connectivity index (χ4n) is 5.65. The molecule has 0 N–H and O–H groups in total. The Bertz CT molecular complexity index is 1170. The molecule has 1 aliphatic heterocycles. The van der Waals surface area contributed by atoms with E-state index in [2.05, 4.69) is 65.7 Å². The zero-order valence-electron chi connectivity index (χ0n) is 24.1. The second-order valence-electron chi connectivity index (χ2n) is 11.3. The summed E-state index contributed by atoms with van der Waals surface area (Å²) >= 11 is 0. The highest BCUT2D eigenvalue weighted by Crippen LogP contribution is 2.23. The van der Waals surface area contributed by atoms with Crippen LogP contribution in [0, 0.1) is 0 Å². The number of aryl methyl sites for hydroxylation is 1. The highest BCUT2D eigenvalue weighted by atomic mass is 16.5. The number of hydrogen-bond donors (Lipinski definition) is 0. The Kier molecular flexibility index (Phi) is 11.7. The van der Waals surface area contributed by atoms with E-state index in [1.54, 1.807) is 0 Å². The van der Waals surface area contributed by atoms with Crippen molar-refractivity contribution in [2.24, 2.45) is 12.0 Å². The monoisotopic (exact) mass is 516 g/mol. The van der Waals surface area contributed by atoms with Crippen molar-refractivity contribution < 1.29 is 9.30 Å². The molecule has 0 spiro atoms. The van der Waals surface area contributed by atoms with Crippen LogP contribution in [-0.4, -0.2) is 11.2 Å². The Morgan fingerprint density at radius 3 is 1.95 bits per heavy atom. The van der Waals surface area contributed by atoms with Gasteiger partial charge in [0, 0.05) is 17.8 Å². The molecular formula is C34H50N3O+. The molecule has 4 nitrogen and oxygen atoms in total. The van der Waals surface area contributed by atoms with Gasteiger partial charge in [-0.05, 0) is 30.2 Å². The third kappa shape index (κ3) is 8.44. The van der Waals surface area contributed by atoms with E-state index in [9.17, 15) is 0 Å². The zero-order valence-corrected chi connectivity index (χ0v) is 24.1. The minimum absolute atomic E-state index is 0.814. The fourth-order valence-corrected chi connectivity index (χ4v) is 5.65. The van der Waals surface area contributed by atoms with Crippen LogP contribution in [0.1, 0.15) is 115 Å². The Morgan fingerprint density at radius 2 is 1.34 bits per heavy atom. The van der Waals surface area contributed by atoms with Crippen molar-refractivity contribution in [3.63, 3.8) is 0 Å². The van der Waals surface area contributed by atoms with Gasteiger partial charge >= 0.3 is 0 Å². The molecule has 38 heavy (non-hydrogen) atoms. The van der Waals surface area contributed by atoms with Crippen molar-refractivity contribution in [1.82, 2.24) is 4.57 Å². The average molecular weight is 517 g/mol. The number of pyridine rings is 1. The van der Waals surface area contributed by atoms with Crippen molar-refractivity contribution in [2.45, 2.75) is 116 Å². The lowest BCUT2D eigenvalue weighted by Gasteiger charge is -2.11. The molecular weight excluding hydrogens is 466 g/mol. The summed E-state index contributed by atoms with van der Waals surface area (Å²) in [6.07, 6.45) is 26.5. The molecule has 2 aromatic heterocycles. The topological polar surface area (TPSA) is 30.4 Å². The summed E-state index contributed by atoms with van der Waals surface area (Å²) < 4.78 is 10.5. The lowest BCUT2D eigenvalue weighted by Crippen LogP contribution is -2.32. The molecule has 0 aliphatic carbocycles. The van der Waals surface area contributed by atoms with Crippen LogP contribution in [0.2, 0.25) is 0 Å². The van der Waals surface area contributed by atoms with Crippen LogP contribution < -0.4 is 14.8 Å². The third-order valence-corrected chi connectivity index (χ3v) is 8.08. The number of rotatable bonds is 19. The number of allylic oxidation sites excluding steroid dienone is 1. The van der Waals surface area contributed by atoms with Gasteiger partial charge in [-0.15, -0.1) is 0 Å². The second-order valence-corrected chi connectivity index (χ2v) is 11.3. The van der Waals surface area contributed by atoms with Crippen LogP contribution >= 0.6 is 0 Å². The van der Waals surface area contributed by atoms with Crippen LogP contribution in [0.25, 0.3) is 16.6 Å². The van der Waals surface area contributed by atoms with E-state index in [0.717, 1.165) is 30.8 Å². The minimum Gasteiger partial charge on any atom is -0.494 e. The summed E-state index contributed by atoms with van der Waals surface area (Å²) in [7, 11) is 2.09. The zero-order chi connectivity index (χ0) is 26.4. The van der Waals surface area contributed by atoms with E-state index in [1.807, 2.05) is 6.20 Å². The molecule has 0 unspecified atom stereocenters. The smallest absolute Gasteiger partial charge is 0.283 e. The van der Waals surface area contributed by atoms with Gasteiger partial charge in [-0.1, -0.05) is 115 Å². The van der Waals surface area contributed by atoms with E-state index in [0.29, 0.717) is 0 Å². The molecule has 0 saturated heterocycles. The first-order valence-electron chi connectivity index (χ1n) is 15.5. The number of benzene rings is 1. The normalized spacial score (nSPS) is 12.9. The van der Waals surface area contributed by atoms with Gasteiger partial charge in [0.1, 0.15) is 12.3 Å². The quantitative estimate of drug-likeness (QED) is 0.116. The van der Waals surface area contributed by atoms with Crippen molar-refractivity contribution in [3.05, 3.63) is 59.8 Å². The largest absolute Gasteiger partial charge is 0.494 e. The molecule has 1 aromatic carbocycles. The number of nitrogens with zero attached hydrogens (tertiary/aromatic N) is 3. The summed E-state index contributed by atoms with van der Waals surface area (Å²) in [5, 5.41) is 1.20. The number of unbranched alkanes of at least 4 members (excludes halogenated alkanes) is 15. The Morgan fingerprint density at radius 1 is 0.763 bits per heavy atom. The van der Waals surface area contributed by atoms with Crippen LogP contribution in [0.4, 0.5) is 0 Å². The number of hydrogen-bond acceptors (Lipinski definition) is 2. The van der Waals surface area contributed by atoms with Gasteiger partial charge in [0.2, 0.25) is 5.49 Å². The molecule has 0 saturated carbocycles. The molecule has 0 amide bonds. The van der Waals surface area contributed by atoms with Crippen LogP contribution in [0.15, 0.2) is 53.8 Å². The van der Waals surface area contributed by atoms with Gasteiger partial charge < -0.3 is 4.74 Å². The van der Waals surface area contributed by atoms with Crippen molar-refractivity contribution in [1.29, 1.82) is 0 Å². The van der Waals surface area contributed by atoms with Crippen molar-refractivity contribution in [3.8, 4) is 5.75 Å². The van der Waals surface area contributed by atoms with Crippen LogP contribution in [-0.2, 0) is 13.6 Å². The fraction of sp³-hybridized carbons (Fsp3) is 0.588. The predicted octanol–water partition coefficient (Wildman–Crippen LogP) is 8.50. The molecule has 206 valence electrons. The first-order valence-corrected chi connectivity index (χ1v) is 15.5. The van der Waals surface area contributed by atoms with E-state index in [4.69, 9.17) is 9.73 Å². The second kappa shape index (κ2) is 15.7. The summed E-state index contributed by atoms with van der Waals surface area (Å²) in [6, 6.07) is 12.9. The SMILES string of the molecule is CCCCCCCCCCCCCCCCCCOc1ccc(C2=CN=c3c4cc[n+](C)c(c4)n3C2)cc1. The van der Waals surface area contributed by atoms with E-state index < -0.39 is 0 Å². The third-order valence-electron chi connectivity index (χ3n) is 8.08. The number of aromatic nitrogens is 2.